The summed E-state index contributed by atoms with van der Waals surface area (Å²) in [6.07, 6.45) is 1.73. The van der Waals surface area contributed by atoms with Gasteiger partial charge in [-0.05, 0) is 32.0 Å². The molecule has 2 aromatic heterocycles. The molecule has 0 aliphatic rings. The van der Waals surface area contributed by atoms with E-state index in [9.17, 15) is 4.79 Å². The molecule has 0 saturated carbocycles. The van der Waals surface area contributed by atoms with Gasteiger partial charge in [-0.3, -0.25) is 14.4 Å². The topological polar surface area (TPSA) is 87.9 Å². The second-order valence-electron chi connectivity index (χ2n) is 5.26. The van der Waals surface area contributed by atoms with Crippen LogP contribution >= 0.6 is 0 Å². The number of amides is 1. The highest BCUT2D eigenvalue weighted by Gasteiger charge is 2.24. The molecule has 0 spiro atoms. The first-order valence-corrected chi connectivity index (χ1v) is 7.06. The van der Waals surface area contributed by atoms with Crippen molar-refractivity contribution in [2.75, 3.05) is 11.4 Å². The van der Waals surface area contributed by atoms with E-state index in [1.807, 2.05) is 25.2 Å². The summed E-state index contributed by atoms with van der Waals surface area (Å²) in [4.78, 5) is 14.2. The Labute approximate surface area is 132 Å². The van der Waals surface area contributed by atoms with Gasteiger partial charge >= 0.3 is 0 Å². The zero-order valence-electron chi connectivity index (χ0n) is 13.1. The van der Waals surface area contributed by atoms with Gasteiger partial charge in [0.2, 0.25) is 0 Å². The van der Waals surface area contributed by atoms with Crippen molar-refractivity contribution < 1.29 is 9.32 Å². The molecule has 2 heterocycles. The largest absolute Gasteiger partial charge is 0.361 e. The van der Waals surface area contributed by atoms with Crippen LogP contribution in [-0.2, 0) is 7.05 Å². The average molecular weight is 309 g/mol. The highest BCUT2D eigenvalue weighted by Crippen LogP contribution is 2.24. The molecule has 1 aromatic carbocycles. The molecule has 0 radical (unpaired) electrons. The number of hydrogen-bond acceptors (Lipinski definition) is 5. The molecule has 7 nitrogen and oxygen atoms in total. The van der Waals surface area contributed by atoms with Crippen LogP contribution in [0, 0.1) is 25.2 Å². The molecule has 7 heteroatoms. The van der Waals surface area contributed by atoms with Gasteiger partial charge in [0, 0.05) is 18.1 Å². The van der Waals surface area contributed by atoms with Crippen LogP contribution in [0.1, 0.15) is 21.8 Å². The number of benzene rings is 1. The third-order valence-electron chi connectivity index (χ3n) is 3.76. The summed E-state index contributed by atoms with van der Waals surface area (Å²) >= 11 is 0. The number of hydrogen-bond donors (Lipinski definition) is 0. The first-order chi connectivity index (χ1) is 11.0. The summed E-state index contributed by atoms with van der Waals surface area (Å²) in [5, 5.41) is 18.0. The Kier molecular flexibility index (Phi) is 3.58. The zero-order valence-corrected chi connectivity index (χ0v) is 13.1. The van der Waals surface area contributed by atoms with Gasteiger partial charge in [-0.25, -0.2) is 0 Å². The zero-order chi connectivity index (χ0) is 16.6. The van der Waals surface area contributed by atoms with Crippen molar-refractivity contribution in [3.63, 3.8) is 0 Å². The predicted molar refractivity (Wildman–Crippen MR) is 84.0 cm³/mol. The second-order valence-corrected chi connectivity index (χ2v) is 5.26. The number of aromatic nitrogens is 3. The molecule has 23 heavy (non-hydrogen) atoms. The predicted octanol–water partition coefficient (Wildman–Crippen LogP) is 2.35. The van der Waals surface area contributed by atoms with Crippen LogP contribution in [0.3, 0.4) is 0 Å². The minimum absolute atomic E-state index is 0.0609. The maximum Gasteiger partial charge on any atom is 0.264 e. The SMILES string of the molecule is Cc1noc(C)c1C(=O)N(CC#N)c1ccc2c(cnn2C)c1. The molecule has 3 rings (SSSR count). The molecule has 0 N–H and O–H groups in total. The maximum atomic E-state index is 12.8. The monoisotopic (exact) mass is 309 g/mol. The van der Waals surface area contributed by atoms with Crippen molar-refractivity contribution in [3.05, 3.63) is 41.4 Å². The molecule has 0 unspecified atom stereocenters. The molecule has 0 saturated heterocycles. The van der Waals surface area contributed by atoms with E-state index in [2.05, 4.69) is 10.3 Å². The van der Waals surface area contributed by atoms with Gasteiger partial charge < -0.3 is 4.52 Å². The molecular weight excluding hydrogens is 294 g/mol. The van der Waals surface area contributed by atoms with Crippen molar-refractivity contribution in [2.24, 2.45) is 7.05 Å². The molecule has 0 fully saturated rings. The van der Waals surface area contributed by atoms with Gasteiger partial charge in [0.25, 0.3) is 5.91 Å². The highest BCUT2D eigenvalue weighted by molar-refractivity contribution is 6.08. The average Bonchev–Trinajstić information content (AvgIpc) is 3.07. The van der Waals surface area contributed by atoms with Crippen LogP contribution in [0.2, 0.25) is 0 Å². The Morgan fingerprint density at radius 3 is 2.87 bits per heavy atom. The number of rotatable bonds is 3. The minimum atomic E-state index is -0.300. The summed E-state index contributed by atoms with van der Waals surface area (Å²) in [5.41, 5.74) is 2.50. The third-order valence-corrected chi connectivity index (χ3v) is 3.76. The van der Waals surface area contributed by atoms with Crippen LogP contribution in [0.25, 0.3) is 10.9 Å². The van der Waals surface area contributed by atoms with Gasteiger partial charge in [-0.1, -0.05) is 5.16 Å². The maximum absolute atomic E-state index is 12.8. The molecule has 0 aliphatic heterocycles. The van der Waals surface area contributed by atoms with E-state index in [4.69, 9.17) is 9.78 Å². The van der Waals surface area contributed by atoms with Crippen molar-refractivity contribution in [2.45, 2.75) is 13.8 Å². The second kappa shape index (κ2) is 5.57. The normalized spacial score (nSPS) is 10.7. The molecule has 0 bridgehead atoms. The van der Waals surface area contributed by atoms with Gasteiger partial charge in [-0.15, -0.1) is 0 Å². The van der Waals surface area contributed by atoms with Crippen LogP contribution in [0.4, 0.5) is 5.69 Å². The van der Waals surface area contributed by atoms with E-state index >= 15 is 0 Å². The summed E-state index contributed by atoms with van der Waals surface area (Å²) in [6.45, 7) is 3.33. The Morgan fingerprint density at radius 2 is 2.22 bits per heavy atom. The fraction of sp³-hybridized carbons (Fsp3) is 0.250. The first-order valence-electron chi connectivity index (χ1n) is 7.06. The lowest BCUT2D eigenvalue weighted by Gasteiger charge is -2.19. The number of anilines is 1. The van der Waals surface area contributed by atoms with Crippen LogP contribution in [0.5, 0.6) is 0 Å². The Hall–Kier alpha value is -3.14. The van der Waals surface area contributed by atoms with Crippen LogP contribution in [-0.4, -0.2) is 27.4 Å². The van der Waals surface area contributed by atoms with Crippen molar-refractivity contribution >= 4 is 22.5 Å². The van der Waals surface area contributed by atoms with Crippen LogP contribution in [0.15, 0.2) is 28.9 Å². The molecule has 116 valence electrons. The number of fused-ring (bicyclic) bond motifs is 1. The van der Waals surface area contributed by atoms with Crippen LogP contribution < -0.4 is 4.90 Å². The Balaban J connectivity index is 2.07. The number of carbonyl (C=O) groups is 1. The van der Waals surface area contributed by atoms with Gasteiger partial charge in [0.05, 0.1) is 23.5 Å². The molecule has 0 atom stereocenters. The summed E-state index contributed by atoms with van der Waals surface area (Å²) in [7, 11) is 1.85. The number of carbonyl (C=O) groups excluding carboxylic acids is 1. The van der Waals surface area contributed by atoms with Crippen molar-refractivity contribution in [1.82, 2.24) is 14.9 Å². The van der Waals surface area contributed by atoms with Crippen molar-refractivity contribution in [3.8, 4) is 6.07 Å². The summed E-state index contributed by atoms with van der Waals surface area (Å²) in [6, 6.07) is 7.56. The van der Waals surface area contributed by atoms with Gasteiger partial charge in [0.15, 0.2) is 0 Å². The summed E-state index contributed by atoms with van der Waals surface area (Å²) in [5.74, 6) is 0.143. The number of nitrogens with zero attached hydrogens (tertiary/aromatic N) is 5. The fourth-order valence-electron chi connectivity index (χ4n) is 2.59. The van der Waals surface area contributed by atoms with E-state index in [0.29, 0.717) is 22.7 Å². The number of nitriles is 1. The molecule has 1 amide bonds. The van der Waals surface area contributed by atoms with E-state index in [0.717, 1.165) is 10.9 Å². The fourth-order valence-corrected chi connectivity index (χ4v) is 2.59. The van der Waals surface area contributed by atoms with E-state index in [1.54, 1.807) is 30.8 Å². The standard InChI is InChI=1S/C16H15N5O2/c1-10-15(11(2)23-19-10)16(22)21(7-6-17)13-4-5-14-12(8-13)9-18-20(14)3/h4-5,8-9H,7H2,1-3H3. The van der Waals surface area contributed by atoms with Crippen molar-refractivity contribution in [1.29, 1.82) is 5.26 Å². The quantitative estimate of drug-likeness (QED) is 0.693. The van der Waals surface area contributed by atoms with E-state index in [-0.39, 0.29) is 12.5 Å². The van der Waals surface area contributed by atoms with E-state index < -0.39 is 0 Å². The van der Waals surface area contributed by atoms with Gasteiger partial charge in [0.1, 0.15) is 17.9 Å². The smallest absolute Gasteiger partial charge is 0.264 e. The third kappa shape index (κ3) is 2.44. The Morgan fingerprint density at radius 1 is 1.43 bits per heavy atom. The highest BCUT2D eigenvalue weighted by atomic mass is 16.5. The Bertz CT molecular complexity index is 912. The molecule has 0 aliphatic carbocycles. The lowest BCUT2D eigenvalue weighted by atomic mass is 10.1. The lowest BCUT2D eigenvalue weighted by Crippen LogP contribution is -2.32. The number of aryl methyl sites for hydroxylation is 3. The molecule has 3 aromatic rings. The van der Waals surface area contributed by atoms with E-state index in [1.165, 1.54) is 4.90 Å². The summed E-state index contributed by atoms with van der Waals surface area (Å²) < 4.78 is 6.81. The lowest BCUT2D eigenvalue weighted by molar-refractivity contribution is 0.0988. The molecular formula is C16H15N5O2. The first kappa shape index (κ1) is 14.8. The van der Waals surface area contributed by atoms with Gasteiger partial charge in [-0.2, -0.15) is 10.4 Å². The minimum Gasteiger partial charge on any atom is -0.361 e.